The number of carboxylic acids is 1. The van der Waals surface area contributed by atoms with Gasteiger partial charge in [-0.25, -0.2) is 9.78 Å². The molecule has 3 amide bonds. The molecule has 1 aromatic heterocycles. The summed E-state index contributed by atoms with van der Waals surface area (Å²) in [5.41, 5.74) is 7.86. The Hall–Kier alpha value is -4.71. The number of amides is 3. The molecule has 0 fully saturated rings. The lowest BCUT2D eigenvalue weighted by Gasteiger charge is -2.22. The molecule has 12 heteroatoms. The Labute approximate surface area is 218 Å². The molecule has 3 aromatic rings. The number of aromatic amines is 1. The average Bonchev–Trinajstić information content (AvgIpc) is 3.41. The maximum Gasteiger partial charge on any atom is 0.326 e. The summed E-state index contributed by atoms with van der Waals surface area (Å²) < 4.78 is 0. The van der Waals surface area contributed by atoms with E-state index in [1.54, 1.807) is 42.5 Å². The van der Waals surface area contributed by atoms with E-state index in [0.29, 0.717) is 16.8 Å². The van der Waals surface area contributed by atoms with Crippen molar-refractivity contribution in [1.29, 1.82) is 0 Å². The Morgan fingerprint density at radius 1 is 0.868 bits per heavy atom. The van der Waals surface area contributed by atoms with Gasteiger partial charge in [-0.2, -0.15) is 0 Å². The van der Waals surface area contributed by atoms with Crippen molar-refractivity contribution in [1.82, 2.24) is 25.9 Å². The van der Waals surface area contributed by atoms with Crippen LogP contribution in [-0.4, -0.2) is 68.5 Å². The molecule has 1 heterocycles. The van der Waals surface area contributed by atoms with Gasteiger partial charge in [0.15, 0.2) is 0 Å². The molecule has 0 radical (unpaired) electrons. The largest absolute Gasteiger partial charge is 0.508 e. The molecule has 12 nitrogen and oxygen atoms in total. The standard InChI is InChI=1S/C26H30N6O6/c27-20(12-18-13-28-15-30-18)24(35)29-14-23(34)31-21(10-17-6-8-19(33)9-7-17)25(36)32-22(26(37)38)11-16-4-2-1-3-5-16/h1-9,13,15,20-22,33H,10-12,14,27H2,(H,28,30)(H,29,35)(H,31,34)(H,32,36)(H,37,38). The number of aromatic nitrogens is 2. The molecular formula is C26H30N6O6. The normalized spacial score (nSPS) is 13.1. The SMILES string of the molecule is NC(Cc1cnc[nH]1)C(=O)NCC(=O)NC(Cc1ccc(O)cc1)C(=O)NC(Cc1ccccc1)C(=O)O. The molecule has 2 aromatic carbocycles. The lowest BCUT2D eigenvalue weighted by molar-refractivity contribution is -0.142. The zero-order valence-corrected chi connectivity index (χ0v) is 20.5. The summed E-state index contributed by atoms with van der Waals surface area (Å²) in [4.78, 5) is 56.6. The van der Waals surface area contributed by atoms with E-state index in [2.05, 4.69) is 25.9 Å². The summed E-state index contributed by atoms with van der Waals surface area (Å²) in [6, 6.07) is 11.5. The lowest BCUT2D eigenvalue weighted by atomic mass is 10.0. The zero-order valence-electron chi connectivity index (χ0n) is 20.5. The van der Waals surface area contributed by atoms with Gasteiger partial charge in [0, 0.05) is 31.2 Å². The van der Waals surface area contributed by atoms with Gasteiger partial charge >= 0.3 is 5.97 Å². The van der Waals surface area contributed by atoms with Gasteiger partial charge in [0.05, 0.1) is 18.9 Å². The van der Waals surface area contributed by atoms with Gasteiger partial charge in [0.2, 0.25) is 17.7 Å². The number of hydrogen-bond acceptors (Lipinski definition) is 7. The van der Waals surface area contributed by atoms with Crippen LogP contribution in [0.1, 0.15) is 16.8 Å². The Balaban J connectivity index is 1.64. The Kier molecular flexibility index (Phi) is 9.94. The first-order chi connectivity index (χ1) is 18.2. The predicted molar refractivity (Wildman–Crippen MR) is 137 cm³/mol. The van der Waals surface area contributed by atoms with Gasteiger partial charge < -0.3 is 36.9 Å². The van der Waals surface area contributed by atoms with Crippen LogP contribution in [0, 0.1) is 0 Å². The van der Waals surface area contributed by atoms with E-state index in [-0.39, 0.29) is 25.0 Å². The van der Waals surface area contributed by atoms with Crippen LogP contribution in [0.5, 0.6) is 5.75 Å². The maximum absolute atomic E-state index is 13.1. The van der Waals surface area contributed by atoms with E-state index in [0.717, 1.165) is 0 Å². The number of rotatable bonds is 13. The number of phenols is 1. The van der Waals surface area contributed by atoms with E-state index >= 15 is 0 Å². The van der Waals surface area contributed by atoms with Gasteiger partial charge in [-0.3, -0.25) is 14.4 Å². The number of nitrogens with zero attached hydrogens (tertiary/aromatic N) is 1. The second-order valence-electron chi connectivity index (χ2n) is 8.69. The molecule has 8 N–H and O–H groups in total. The van der Waals surface area contributed by atoms with Crippen molar-refractivity contribution in [2.75, 3.05) is 6.54 Å². The van der Waals surface area contributed by atoms with Crippen LogP contribution in [0.15, 0.2) is 67.1 Å². The van der Waals surface area contributed by atoms with Crippen LogP contribution < -0.4 is 21.7 Å². The second-order valence-corrected chi connectivity index (χ2v) is 8.69. The van der Waals surface area contributed by atoms with Crippen molar-refractivity contribution < 1.29 is 29.4 Å². The summed E-state index contributed by atoms with van der Waals surface area (Å²) in [5, 5.41) is 26.7. The number of carbonyl (C=O) groups excluding carboxylic acids is 3. The molecule has 0 saturated carbocycles. The predicted octanol–water partition coefficient (Wildman–Crippen LogP) is -0.359. The highest BCUT2D eigenvalue weighted by atomic mass is 16.4. The summed E-state index contributed by atoms with van der Waals surface area (Å²) >= 11 is 0. The molecule has 0 spiro atoms. The third-order valence-electron chi connectivity index (χ3n) is 5.68. The monoisotopic (exact) mass is 522 g/mol. The number of H-pyrrole nitrogens is 1. The summed E-state index contributed by atoms with van der Waals surface area (Å²) in [6.07, 6.45) is 3.25. The molecule has 0 aliphatic carbocycles. The third kappa shape index (κ3) is 8.75. The number of nitrogens with one attached hydrogen (secondary N) is 4. The highest BCUT2D eigenvalue weighted by molar-refractivity contribution is 5.92. The lowest BCUT2D eigenvalue weighted by Crippen LogP contribution is -2.55. The Morgan fingerprint density at radius 3 is 2.16 bits per heavy atom. The minimum Gasteiger partial charge on any atom is -0.508 e. The van der Waals surface area contributed by atoms with Crippen LogP contribution in [0.2, 0.25) is 0 Å². The van der Waals surface area contributed by atoms with E-state index in [9.17, 15) is 29.4 Å². The smallest absolute Gasteiger partial charge is 0.326 e. The van der Waals surface area contributed by atoms with Gasteiger partial charge in [-0.15, -0.1) is 0 Å². The highest BCUT2D eigenvalue weighted by Crippen LogP contribution is 2.12. The fourth-order valence-electron chi connectivity index (χ4n) is 3.67. The van der Waals surface area contributed by atoms with Crippen molar-refractivity contribution in [2.24, 2.45) is 5.73 Å². The first-order valence-corrected chi connectivity index (χ1v) is 11.9. The molecule has 3 rings (SSSR count). The van der Waals surface area contributed by atoms with E-state index < -0.39 is 48.4 Å². The number of nitrogens with two attached hydrogens (primary N) is 1. The number of aliphatic carboxylic acids is 1. The van der Waals surface area contributed by atoms with Crippen molar-refractivity contribution >= 4 is 23.7 Å². The van der Waals surface area contributed by atoms with Crippen molar-refractivity contribution in [3.05, 3.63) is 83.9 Å². The number of imidazole rings is 1. The molecule has 3 unspecified atom stereocenters. The van der Waals surface area contributed by atoms with E-state index in [1.165, 1.54) is 24.7 Å². The molecule has 0 aliphatic heterocycles. The first kappa shape index (κ1) is 27.9. The molecule has 200 valence electrons. The maximum atomic E-state index is 13.1. The summed E-state index contributed by atoms with van der Waals surface area (Å²) in [7, 11) is 0. The van der Waals surface area contributed by atoms with E-state index in [1.807, 2.05) is 0 Å². The minimum atomic E-state index is -1.23. The van der Waals surface area contributed by atoms with Crippen LogP contribution in [0.25, 0.3) is 0 Å². The Morgan fingerprint density at radius 2 is 1.53 bits per heavy atom. The van der Waals surface area contributed by atoms with Crippen LogP contribution in [0.4, 0.5) is 0 Å². The molecule has 0 bridgehead atoms. The van der Waals surface area contributed by atoms with Crippen molar-refractivity contribution in [3.63, 3.8) is 0 Å². The molecule has 0 aliphatic rings. The quantitative estimate of drug-likeness (QED) is 0.158. The second kappa shape index (κ2) is 13.6. The van der Waals surface area contributed by atoms with Gasteiger partial charge in [0.25, 0.3) is 0 Å². The molecular weight excluding hydrogens is 492 g/mol. The minimum absolute atomic E-state index is 0.0167. The number of carbonyl (C=O) groups is 4. The number of benzene rings is 2. The Bertz CT molecular complexity index is 1220. The van der Waals surface area contributed by atoms with Crippen LogP contribution in [-0.2, 0) is 38.4 Å². The average molecular weight is 523 g/mol. The highest BCUT2D eigenvalue weighted by Gasteiger charge is 2.27. The fraction of sp³-hybridized carbons (Fsp3) is 0.269. The number of aromatic hydroxyl groups is 1. The number of carboxylic acid groups (broad SMARTS) is 1. The van der Waals surface area contributed by atoms with Gasteiger partial charge in [-0.1, -0.05) is 42.5 Å². The topological polar surface area (TPSA) is 200 Å². The molecule has 0 saturated heterocycles. The van der Waals surface area contributed by atoms with Gasteiger partial charge in [0.1, 0.15) is 17.8 Å². The molecule has 38 heavy (non-hydrogen) atoms. The third-order valence-corrected chi connectivity index (χ3v) is 5.68. The molecule has 3 atom stereocenters. The van der Waals surface area contributed by atoms with E-state index in [4.69, 9.17) is 5.73 Å². The fourth-order valence-corrected chi connectivity index (χ4v) is 3.67. The van der Waals surface area contributed by atoms with Crippen LogP contribution in [0.3, 0.4) is 0 Å². The van der Waals surface area contributed by atoms with Crippen molar-refractivity contribution in [3.8, 4) is 5.75 Å². The summed E-state index contributed by atoms with van der Waals surface area (Å²) in [5.74, 6) is -3.14. The van der Waals surface area contributed by atoms with Gasteiger partial charge in [-0.05, 0) is 23.3 Å². The summed E-state index contributed by atoms with van der Waals surface area (Å²) in [6.45, 7) is -0.443. The number of phenolic OH excluding ortho intramolecular Hbond substituents is 1. The van der Waals surface area contributed by atoms with Crippen molar-refractivity contribution in [2.45, 2.75) is 37.4 Å². The van der Waals surface area contributed by atoms with Crippen LogP contribution >= 0.6 is 0 Å². The first-order valence-electron chi connectivity index (χ1n) is 11.9. The zero-order chi connectivity index (χ0) is 27.5. The number of hydrogen-bond donors (Lipinski definition) is 7.